The number of hydrogen-bond acceptors (Lipinski definition) is 3. The number of hydrogen-bond donors (Lipinski definition) is 2. The van der Waals surface area contributed by atoms with Gasteiger partial charge in [-0.3, -0.25) is 9.78 Å². The molecule has 2 aromatic rings. The molecule has 0 aliphatic carbocycles. The predicted molar refractivity (Wildman–Crippen MR) is 90.2 cm³/mol. The monoisotopic (exact) mass is 367 g/mol. The zero-order chi connectivity index (χ0) is 15.4. The number of anilines is 2. The van der Waals surface area contributed by atoms with E-state index >= 15 is 0 Å². The molecular weight excluding hydrogens is 354 g/mol. The molecule has 0 atom stereocenters. The van der Waals surface area contributed by atoms with Gasteiger partial charge < -0.3 is 10.6 Å². The lowest BCUT2D eigenvalue weighted by atomic mass is 10.2. The minimum absolute atomic E-state index is 0.282. The molecule has 110 valence electrons. The lowest BCUT2D eigenvalue weighted by Crippen LogP contribution is -2.14. The number of carbonyl (C=O) groups excluding carboxylic acids is 1. The molecule has 1 amide bonds. The largest absolute Gasteiger partial charge is 0.385 e. The predicted octanol–water partition coefficient (Wildman–Crippen LogP) is 4.49. The van der Waals surface area contributed by atoms with E-state index in [0.29, 0.717) is 16.4 Å². The van der Waals surface area contributed by atoms with Crippen LogP contribution in [0.3, 0.4) is 0 Å². The van der Waals surface area contributed by atoms with Crippen LogP contribution in [-0.2, 0) is 0 Å². The Bertz CT molecular complexity index is 676. The van der Waals surface area contributed by atoms with Crippen LogP contribution in [0.4, 0.5) is 11.4 Å². The summed E-state index contributed by atoms with van der Waals surface area (Å²) in [6.07, 6.45) is 1.60. The molecule has 2 rings (SSSR count). The highest BCUT2D eigenvalue weighted by molar-refractivity contribution is 9.10. The first kappa shape index (κ1) is 15.8. The van der Waals surface area contributed by atoms with Crippen LogP contribution in [0.5, 0.6) is 0 Å². The summed E-state index contributed by atoms with van der Waals surface area (Å²) in [5, 5.41) is 6.55. The topological polar surface area (TPSA) is 54.0 Å². The molecule has 1 aromatic carbocycles. The molecule has 6 heteroatoms. The van der Waals surface area contributed by atoms with Gasteiger partial charge in [0.25, 0.3) is 5.91 Å². The number of pyridine rings is 1. The Balaban J connectivity index is 2.22. The third-order valence-corrected chi connectivity index (χ3v) is 3.93. The third kappa shape index (κ3) is 3.95. The van der Waals surface area contributed by atoms with Crippen molar-refractivity contribution in [3.63, 3.8) is 0 Å². The quantitative estimate of drug-likeness (QED) is 0.836. The van der Waals surface area contributed by atoms with Crippen molar-refractivity contribution in [1.29, 1.82) is 0 Å². The summed E-state index contributed by atoms with van der Waals surface area (Å²) < 4.78 is 0.778. The first-order valence-electron chi connectivity index (χ1n) is 6.48. The number of aryl methyl sites for hydroxylation is 1. The van der Waals surface area contributed by atoms with Crippen molar-refractivity contribution in [3.05, 3.63) is 51.2 Å². The van der Waals surface area contributed by atoms with Crippen LogP contribution in [0, 0.1) is 6.92 Å². The summed E-state index contributed by atoms with van der Waals surface area (Å²) in [7, 11) is 0. The molecule has 2 N–H and O–H groups in total. The van der Waals surface area contributed by atoms with Crippen molar-refractivity contribution in [2.45, 2.75) is 13.8 Å². The van der Waals surface area contributed by atoms with Crippen molar-refractivity contribution in [2.75, 3.05) is 17.2 Å². The summed E-state index contributed by atoms with van der Waals surface area (Å²) in [6.45, 7) is 4.68. The van der Waals surface area contributed by atoms with Crippen LogP contribution >= 0.6 is 27.5 Å². The zero-order valence-electron chi connectivity index (χ0n) is 11.7. The first-order chi connectivity index (χ1) is 10.0. The number of halogens is 2. The van der Waals surface area contributed by atoms with Crippen molar-refractivity contribution in [3.8, 4) is 0 Å². The van der Waals surface area contributed by atoms with Gasteiger partial charge in [-0.25, -0.2) is 0 Å². The maximum absolute atomic E-state index is 12.3. The molecular formula is C15H15BrClN3O. The van der Waals surface area contributed by atoms with E-state index in [4.69, 9.17) is 11.6 Å². The average molecular weight is 369 g/mol. The summed E-state index contributed by atoms with van der Waals surface area (Å²) in [4.78, 5) is 16.3. The van der Waals surface area contributed by atoms with Gasteiger partial charge in [-0.15, -0.1) is 0 Å². The minimum Gasteiger partial charge on any atom is -0.385 e. The van der Waals surface area contributed by atoms with Gasteiger partial charge in [-0.1, -0.05) is 11.6 Å². The van der Waals surface area contributed by atoms with E-state index in [1.54, 1.807) is 18.3 Å². The fourth-order valence-electron chi connectivity index (χ4n) is 1.80. The van der Waals surface area contributed by atoms with Gasteiger partial charge in [-0.2, -0.15) is 0 Å². The van der Waals surface area contributed by atoms with Gasteiger partial charge in [0.1, 0.15) is 5.69 Å². The SMILES string of the molecule is CCNc1ccnc(C(=O)Nc2cc(Cl)c(C)cc2Br)c1. The van der Waals surface area contributed by atoms with Crippen molar-refractivity contribution in [2.24, 2.45) is 0 Å². The lowest BCUT2D eigenvalue weighted by molar-refractivity contribution is 0.102. The number of amides is 1. The fourth-order valence-corrected chi connectivity index (χ4v) is 2.52. The van der Waals surface area contributed by atoms with Gasteiger partial charge in [0, 0.05) is 27.9 Å². The molecule has 0 fully saturated rings. The molecule has 1 heterocycles. The molecule has 0 aliphatic rings. The second-order valence-corrected chi connectivity index (χ2v) is 5.76. The second-order valence-electron chi connectivity index (χ2n) is 4.50. The van der Waals surface area contributed by atoms with Crippen LogP contribution in [-0.4, -0.2) is 17.4 Å². The second kappa shape index (κ2) is 6.91. The molecule has 0 radical (unpaired) electrons. The van der Waals surface area contributed by atoms with E-state index in [1.165, 1.54) is 0 Å². The number of benzene rings is 1. The van der Waals surface area contributed by atoms with Crippen LogP contribution in [0.25, 0.3) is 0 Å². The minimum atomic E-state index is -0.282. The molecule has 4 nitrogen and oxygen atoms in total. The van der Waals surface area contributed by atoms with Gasteiger partial charge in [0.05, 0.1) is 5.69 Å². The number of nitrogens with one attached hydrogen (secondary N) is 2. The highest BCUT2D eigenvalue weighted by Gasteiger charge is 2.11. The van der Waals surface area contributed by atoms with E-state index in [2.05, 4.69) is 31.5 Å². The van der Waals surface area contributed by atoms with E-state index < -0.39 is 0 Å². The Hall–Kier alpha value is -1.59. The van der Waals surface area contributed by atoms with E-state index in [0.717, 1.165) is 22.3 Å². The van der Waals surface area contributed by atoms with E-state index in [-0.39, 0.29) is 5.91 Å². The molecule has 0 saturated heterocycles. The Labute approximate surface area is 137 Å². The van der Waals surface area contributed by atoms with Gasteiger partial charge in [0.15, 0.2) is 0 Å². The van der Waals surface area contributed by atoms with Crippen LogP contribution in [0.2, 0.25) is 5.02 Å². The standard InChI is InChI=1S/C15H15BrClN3O/c1-3-18-10-4-5-19-14(7-10)15(21)20-13-8-12(17)9(2)6-11(13)16/h4-8H,3H2,1-2H3,(H,18,19)(H,20,21). The highest BCUT2D eigenvalue weighted by Crippen LogP contribution is 2.29. The van der Waals surface area contributed by atoms with Crippen molar-refractivity contribution >= 4 is 44.8 Å². The van der Waals surface area contributed by atoms with Gasteiger partial charge >= 0.3 is 0 Å². The molecule has 1 aromatic heterocycles. The Kier molecular flexibility index (Phi) is 5.20. The number of rotatable bonds is 4. The molecule has 21 heavy (non-hydrogen) atoms. The Morgan fingerprint density at radius 2 is 2.14 bits per heavy atom. The normalized spacial score (nSPS) is 10.3. The molecule has 0 bridgehead atoms. The fraction of sp³-hybridized carbons (Fsp3) is 0.200. The Morgan fingerprint density at radius 1 is 1.38 bits per heavy atom. The molecule has 0 saturated carbocycles. The van der Waals surface area contributed by atoms with E-state index in [1.807, 2.05) is 26.0 Å². The number of carbonyl (C=O) groups is 1. The van der Waals surface area contributed by atoms with E-state index in [9.17, 15) is 4.79 Å². The first-order valence-corrected chi connectivity index (χ1v) is 7.65. The maximum atomic E-state index is 12.3. The summed E-state index contributed by atoms with van der Waals surface area (Å²) >= 11 is 9.50. The molecule has 0 spiro atoms. The number of aromatic nitrogens is 1. The summed E-state index contributed by atoms with van der Waals surface area (Å²) in [5.41, 5.74) is 2.76. The zero-order valence-corrected chi connectivity index (χ0v) is 14.0. The van der Waals surface area contributed by atoms with Crippen LogP contribution < -0.4 is 10.6 Å². The number of nitrogens with zero attached hydrogens (tertiary/aromatic N) is 1. The highest BCUT2D eigenvalue weighted by atomic mass is 79.9. The van der Waals surface area contributed by atoms with Crippen molar-refractivity contribution < 1.29 is 4.79 Å². The smallest absolute Gasteiger partial charge is 0.274 e. The van der Waals surface area contributed by atoms with Crippen LogP contribution in [0.1, 0.15) is 23.0 Å². The Morgan fingerprint density at radius 3 is 2.86 bits per heavy atom. The summed E-state index contributed by atoms with van der Waals surface area (Å²) in [6, 6.07) is 7.11. The third-order valence-electron chi connectivity index (χ3n) is 2.87. The maximum Gasteiger partial charge on any atom is 0.274 e. The van der Waals surface area contributed by atoms with Crippen molar-refractivity contribution in [1.82, 2.24) is 4.98 Å². The van der Waals surface area contributed by atoms with Crippen LogP contribution in [0.15, 0.2) is 34.9 Å². The lowest BCUT2D eigenvalue weighted by Gasteiger charge is -2.10. The van der Waals surface area contributed by atoms with Gasteiger partial charge in [0.2, 0.25) is 0 Å². The van der Waals surface area contributed by atoms with Gasteiger partial charge in [-0.05, 0) is 59.6 Å². The average Bonchev–Trinajstić information content (AvgIpc) is 2.45. The molecule has 0 aliphatic heterocycles. The molecule has 0 unspecified atom stereocenters. The summed E-state index contributed by atoms with van der Waals surface area (Å²) in [5.74, 6) is -0.282.